The number of pyridine rings is 1. The summed E-state index contributed by atoms with van der Waals surface area (Å²) in [4.78, 5) is 32.9. The highest BCUT2D eigenvalue weighted by atomic mass is 35.5. The minimum atomic E-state index is -0.599. The molecule has 0 aliphatic carbocycles. The summed E-state index contributed by atoms with van der Waals surface area (Å²) in [6.07, 6.45) is 3.36. The molecule has 2 heterocycles. The molecule has 0 saturated heterocycles. The molecule has 2 aromatic carbocycles. The molecule has 1 aliphatic heterocycles. The Kier molecular flexibility index (Phi) is 6.77. The smallest absolute Gasteiger partial charge is 0.241 e. The first kappa shape index (κ1) is 22.3. The molecule has 1 N–H and O–H groups in total. The zero-order valence-corrected chi connectivity index (χ0v) is 18.9. The fraction of sp³-hybridized carbons (Fsp3) is 0.208. The Morgan fingerprint density at radius 1 is 1.25 bits per heavy atom. The zero-order valence-electron chi connectivity index (χ0n) is 17.3. The minimum absolute atomic E-state index is 0.182. The number of carbonyl (C=O) groups excluding carboxylic acids is 2. The molecule has 0 bridgehead atoms. The van der Waals surface area contributed by atoms with Crippen LogP contribution in [0.5, 0.6) is 0 Å². The van der Waals surface area contributed by atoms with E-state index in [2.05, 4.69) is 10.3 Å². The predicted molar refractivity (Wildman–Crippen MR) is 124 cm³/mol. The fourth-order valence-electron chi connectivity index (χ4n) is 3.53. The van der Waals surface area contributed by atoms with E-state index in [1.807, 2.05) is 30.3 Å². The summed E-state index contributed by atoms with van der Waals surface area (Å²) in [5, 5.41) is 2.55. The summed E-state index contributed by atoms with van der Waals surface area (Å²) in [6.45, 7) is 2.29. The number of hydrogen-bond acceptors (Lipinski definition) is 4. The van der Waals surface area contributed by atoms with Gasteiger partial charge < -0.3 is 10.2 Å². The fourth-order valence-corrected chi connectivity index (χ4v) is 5.04. The van der Waals surface area contributed by atoms with E-state index in [1.54, 1.807) is 36.4 Å². The maximum atomic E-state index is 13.5. The molecule has 32 heavy (non-hydrogen) atoms. The van der Waals surface area contributed by atoms with Gasteiger partial charge in [0, 0.05) is 28.9 Å². The quantitative estimate of drug-likeness (QED) is 0.561. The number of amides is 2. The van der Waals surface area contributed by atoms with Gasteiger partial charge in [0.25, 0.3) is 0 Å². The number of aromatic nitrogens is 1. The van der Waals surface area contributed by atoms with E-state index in [1.165, 1.54) is 23.9 Å². The lowest BCUT2D eigenvalue weighted by atomic mass is 10.0. The molecule has 2 amide bonds. The first-order valence-corrected chi connectivity index (χ1v) is 11.4. The number of hydrogen-bond donors (Lipinski definition) is 1. The third-order valence-electron chi connectivity index (χ3n) is 5.32. The van der Waals surface area contributed by atoms with Crippen LogP contribution in [0.1, 0.15) is 18.1 Å². The molecule has 4 rings (SSSR count). The normalized spacial score (nSPS) is 16.4. The Balaban J connectivity index is 1.55. The maximum absolute atomic E-state index is 13.5. The van der Waals surface area contributed by atoms with Gasteiger partial charge in [0.2, 0.25) is 11.8 Å². The van der Waals surface area contributed by atoms with Crippen molar-refractivity contribution in [2.45, 2.75) is 30.2 Å². The van der Waals surface area contributed by atoms with Crippen molar-refractivity contribution in [1.82, 2.24) is 10.3 Å². The molecule has 8 heteroatoms. The Bertz CT molecular complexity index is 1150. The monoisotopic (exact) mass is 469 g/mol. The van der Waals surface area contributed by atoms with E-state index >= 15 is 0 Å². The van der Waals surface area contributed by atoms with E-state index in [0.717, 1.165) is 16.1 Å². The number of nitrogens with one attached hydrogen (secondary N) is 1. The predicted octanol–water partition coefficient (Wildman–Crippen LogP) is 4.83. The van der Waals surface area contributed by atoms with E-state index in [-0.39, 0.29) is 23.4 Å². The highest BCUT2D eigenvalue weighted by molar-refractivity contribution is 8.01. The third-order valence-corrected chi connectivity index (χ3v) is 7.14. The van der Waals surface area contributed by atoms with Crippen LogP contribution in [0.15, 0.2) is 71.9 Å². The number of anilines is 1. The number of benzene rings is 2. The molecule has 0 radical (unpaired) electrons. The molecule has 0 unspecified atom stereocenters. The largest absolute Gasteiger partial charge is 0.352 e. The van der Waals surface area contributed by atoms with Crippen LogP contribution < -0.4 is 10.2 Å². The minimum Gasteiger partial charge on any atom is -0.352 e. The lowest BCUT2D eigenvalue weighted by Gasteiger charge is -2.36. The van der Waals surface area contributed by atoms with Crippen LogP contribution in [0.2, 0.25) is 5.02 Å². The van der Waals surface area contributed by atoms with Gasteiger partial charge in [-0.15, -0.1) is 11.8 Å². The summed E-state index contributed by atoms with van der Waals surface area (Å²) in [5.41, 5.74) is 2.27. The number of carbonyl (C=O) groups is 2. The van der Waals surface area contributed by atoms with Gasteiger partial charge in [-0.25, -0.2) is 4.39 Å². The van der Waals surface area contributed by atoms with Crippen molar-refractivity contribution in [2.24, 2.45) is 5.92 Å². The number of thioether (sulfide) groups is 1. The van der Waals surface area contributed by atoms with Crippen molar-refractivity contribution in [3.05, 3.63) is 89.0 Å². The van der Waals surface area contributed by atoms with Crippen LogP contribution in [-0.2, 0) is 22.7 Å². The Labute approximate surface area is 195 Å². The average molecular weight is 470 g/mol. The summed E-state index contributed by atoms with van der Waals surface area (Å²) in [6, 6.07) is 15.4. The second-order valence-corrected chi connectivity index (χ2v) is 9.12. The summed E-state index contributed by atoms with van der Waals surface area (Å²) in [5.74, 6) is -1.39. The van der Waals surface area contributed by atoms with E-state index in [4.69, 9.17) is 11.6 Å². The molecule has 164 valence electrons. The molecular formula is C24H21ClFN3O2S. The SMILES string of the molecule is C[C@H](C(=O)NCc1cccnc1)[C@@H]1Sc2ccccc2N(Cc2ccc(F)cc2Cl)C1=O. The summed E-state index contributed by atoms with van der Waals surface area (Å²) >= 11 is 7.61. The zero-order chi connectivity index (χ0) is 22.7. The topological polar surface area (TPSA) is 62.3 Å². The summed E-state index contributed by atoms with van der Waals surface area (Å²) in [7, 11) is 0. The molecule has 5 nitrogen and oxygen atoms in total. The first-order valence-electron chi connectivity index (χ1n) is 10.1. The van der Waals surface area contributed by atoms with Crippen LogP contribution in [0.4, 0.5) is 10.1 Å². The lowest BCUT2D eigenvalue weighted by Crippen LogP contribution is -2.47. The molecule has 2 atom stereocenters. The second-order valence-electron chi connectivity index (χ2n) is 7.53. The van der Waals surface area contributed by atoms with Crippen molar-refractivity contribution in [3.8, 4) is 0 Å². The van der Waals surface area contributed by atoms with Crippen molar-refractivity contribution < 1.29 is 14.0 Å². The van der Waals surface area contributed by atoms with Crippen molar-refractivity contribution in [2.75, 3.05) is 4.90 Å². The molecular weight excluding hydrogens is 449 g/mol. The number of para-hydroxylation sites is 1. The lowest BCUT2D eigenvalue weighted by molar-refractivity contribution is -0.128. The van der Waals surface area contributed by atoms with Gasteiger partial charge in [0.15, 0.2) is 0 Å². The van der Waals surface area contributed by atoms with Gasteiger partial charge in [-0.3, -0.25) is 14.6 Å². The van der Waals surface area contributed by atoms with Crippen LogP contribution in [0.25, 0.3) is 0 Å². The highest BCUT2D eigenvalue weighted by Gasteiger charge is 2.39. The van der Waals surface area contributed by atoms with Crippen molar-refractivity contribution in [3.63, 3.8) is 0 Å². The molecule has 0 spiro atoms. The van der Waals surface area contributed by atoms with Crippen LogP contribution in [0.3, 0.4) is 0 Å². The number of halogens is 2. The third kappa shape index (κ3) is 4.79. The highest BCUT2D eigenvalue weighted by Crippen LogP contribution is 2.42. The van der Waals surface area contributed by atoms with Crippen molar-refractivity contribution >= 4 is 40.9 Å². The molecule has 0 fully saturated rings. The van der Waals surface area contributed by atoms with Crippen LogP contribution in [0, 0.1) is 11.7 Å². The second kappa shape index (κ2) is 9.71. The van der Waals surface area contributed by atoms with Gasteiger partial charge in [0.05, 0.1) is 18.2 Å². The molecule has 1 aromatic heterocycles. The first-order chi connectivity index (χ1) is 15.4. The van der Waals surface area contributed by atoms with Gasteiger partial charge >= 0.3 is 0 Å². The standard InChI is InChI=1S/C24H21ClFN3O2S/c1-15(23(30)28-13-16-5-4-10-27-12-16)22-24(31)29(20-6-2-3-7-21(20)32-22)14-17-8-9-18(26)11-19(17)25/h2-12,15,22H,13-14H2,1H3,(H,28,30)/t15-,22-/m0/s1. The number of fused-ring (bicyclic) bond motifs is 1. The van der Waals surface area contributed by atoms with Gasteiger partial charge in [-0.1, -0.05) is 42.8 Å². The summed E-state index contributed by atoms with van der Waals surface area (Å²) < 4.78 is 13.5. The van der Waals surface area contributed by atoms with E-state index in [9.17, 15) is 14.0 Å². The molecule has 0 saturated carbocycles. The van der Waals surface area contributed by atoms with Crippen molar-refractivity contribution in [1.29, 1.82) is 0 Å². The van der Waals surface area contributed by atoms with Crippen LogP contribution >= 0.6 is 23.4 Å². The van der Waals surface area contributed by atoms with Crippen LogP contribution in [-0.4, -0.2) is 22.0 Å². The number of rotatable bonds is 6. The maximum Gasteiger partial charge on any atom is 0.241 e. The molecule has 1 aliphatic rings. The van der Waals surface area contributed by atoms with Gasteiger partial charge in [-0.2, -0.15) is 0 Å². The average Bonchev–Trinajstić information content (AvgIpc) is 2.80. The Morgan fingerprint density at radius 3 is 2.81 bits per heavy atom. The van der Waals surface area contributed by atoms with E-state index < -0.39 is 17.0 Å². The van der Waals surface area contributed by atoms with E-state index in [0.29, 0.717) is 12.1 Å². The Morgan fingerprint density at radius 2 is 2.06 bits per heavy atom. The molecule has 3 aromatic rings. The number of nitrogens with zero attached hydrogens (tertiary/aromatic N) is 2. The van der Waals surface area contributed by atoms with Gasteiger partial charge in [0.1, 0.15) is 11.1 Å². The Hall–Kier alpha value is -2.90. The van der Waals surface area contributed by atoms with Gasteiger partial charge in [-0.05, 0) is 41.5 Å².